The van der Waals surface area contributed by atoms with Crippen molar-refractivity contribution in [3.8, 4) is 0 Å². The van der Waals surface area contributed by atoms with Gasteiger partial charge < -0.3 is 14.8 Å². The minimum atomic E-state index is -0.598. The summed E-state index contributed by atoms with van der Waals surface area (Å²) in [6.07, 6.45) is 10.6. The number of ether oxygens (including phenoxy) is 2. The van der Waals surface area contributed by atoms with E-state index >= 15 is 0 Å². The van der Waals surface area contributed by atoms with Crippen molar-refractivity contribution in [2.24, 2.45) is 0 Å². The van der Waals surface area contributed by atoms with Gasteiger partial charge >= 0.3 is 12.1 Å². The van der Waals surface area contributed by atoms with Gasteiger partial charge in [-0.2, -0.15) is 0 Å². The molecule has 24 heavy (non-hydrogen) atoms. The molecule has 0 aromatic heterocycles. The molecule has 0 aliphatic rings. The number of hydrogen-bond donors (Lipinski definition) is 1. The minimum Gasteiger partial charge on any atom is -0.464 e. The van der Waals surface area contributed by atoms with Gasteiger partial charge in [0.1, 0.15) is 6.04 Å². The predicted octanol–water partition coefficient (Wildman–Crippen LogP) is 4.98. The second-order valence-corrected chi connectivity index (χ2v) is 6.26. The predicted molar refractivity (Wildman–Crippen MR) is 97.0 cm³/mol. The van der Waals surface area contributed by atoms with Crippen molar-refractivity contribution < 1.29 is 19.1 Å². The summed E-state index contributed by atoms with van der Waals surface area (Å²) in [7, 11) is 0. The Balaban J connectivity index is 4.03. The van der Waals surface area contributed by atoms with Crippen molar-refractivity contribution in [3.63, 3.8) is 0 Å². The number of unbranched alkanes of at least 4 members (excludes halogenated alkanes) is 7. The number of nitrogens with one attached hydrogen (secondary N) is 1. The third kappa shape index (κ3) is 13.2. The third-order valence-electron chi connectivity index (χ3n) is 3.90. The summed E-state index contributed by atoms with van der Waals surface area (Å²) in [6.45, 7) is 7.09. The molecule has 0 saturated heterocycles. The number of carbonyl (C=O) groups excluding carboxylic acids is 2. The molecule has 1 amide bonds. The molecule has 5 nitrogen and oxygen atoms in total. The summed E-state index contributed by atoms with van der Waals surface area (Å²) in [6, 6.07) is -0.598. The van der Waals surface area contributed by atoms with E-state index < -0.39 is 12.1 Å². The Bertz CT molecular complexity index is 320. The second kappa shape index (κ2) is 16.6. The van der Waals surface area contributed by atoms with Crippen LogP contribution in [0.2, 0.25) is 0 Å². The minimum absolute atomic E-state index is 0.343. The summed E-state index contributed by atoms with van der Waals surface area (Å²) < 4.78 is 10.4. The van der Waals surface area contributed by atoms with Crippen molar-refractivity contribution in [1.29, 1.82) is 0 Å². The molecule has 1 unspecified atom stereocenters. The van der Waals surface area contributed by atoms with E-state index in [1.807, 2.05) is 6.92 Å². The van der Waals surface area contributed by atoms with E-state index in [-0.39, 0.29) is 5.97 Å². The fraction of sp³-hybridized carbons (Fsp3) is 0.895. The quantitative estimate of drug-likeness (QED) is 0.336. The molecule has 0 aliphatic carbocycles. The van der Waals surface area contributed by atoms with Gasteiger partial charge in [0.25, 0.3) is 0 Å². The zero-order chi connectivity index (χ0) is 18.0. The maximum atomic E-state index is 12.2. The largest absolute Gasteiger partial charge is 0.464 e. The summed E-state index contributed by atoms with van der Waals surface area (Å²) in [5.41, 5.74) is 0. The van der Waals surface area contributed by atoms with E-state index in [1.165, 1.54) is 25.7 Å². The van der Waals surface area contributed by atoms with E-state index in [9.17, 15) is 9.59 Å². The fourth-order valence-electron chi connectivity index (χ4n) is 2.31. The highest BCUT2D eigenvalue weighted by atomic mass is 16.6. The molecule has 0 spiro atoms. The Morgan fingerprint density at radius 1 is 0.750 bits per heavy atom. The fourth-order valence-corrected chi connectivity index (χ4v) is 2.31. The Labute approximate surface area is 147 Å². The molecule has 0 radical (unpaired) electrons. The lowest BCUT2D eigenvalue weighted by molar-refractivity contribution is -0.146. The molecular weight excluding hydrogens is 306 g/mol. The Morgan fingerprint density at radius 2 is 1.33 bits per heavy atom. The number of alkyl carbamates (subject to hydrolysis) is 1. The number of hydrogen-bond acceptors (Lipinski definition) is 4. The van der Waals surface area contributed by atoms with Crippen LogP contribution in [0.4, 0.5) is 4.79 Å². The summed E-state index contributed by atoms with van der Waals surface area (Å²) in [5, 5.41) is 2.64. The first-order valence-corrected chi connectivity index (χ1v) is 9.75. The highest BCUT2D eigenvalue weighted by Gasteiger charge is 2.22. The first-order valence-electron chi connectivity index (χ1n) is 9.75. The number of rotatable bonds is 15. The summed E-state index contributed by atoms with van der Waals surface area (Å²) in [4.78, 5) is 23.9. The topological polar surface area (TPSA) is 64.6 Å². The highest BCUT2D eigenvalue weighted by molar-refractivity contribution is 5.81. The lowest BCUT2D eigenvalue weighted by Gasteiger charge is -2.17. The molecule has 0 heterocycles. The van der Waals surface area contributed by atoms with Gasteiger partial charge in [-0.15, -0.1) is 0 Å². The zero-order valence-electron chi connectivity index (χ0n) is 15.9. The monoisotopic (exact) mass is 343 g/mol. The van der Waals surface area contributed by atoms with E-state index in [2.05, 4.69) is 19.2 Å². The average molecular weight is 344 g/mol. The van der Waals surface area contributed by atoms with Crippen LogP contribution in [0.15, 0.2) is 0 Å². The molecule has 0 bridgehead atoms. The normalized spacial score (nSPS) is 11.8. The van der Waals surface area contributed by atoms with Gasteiger partial charge in [0.15, 0.2) is 0 Å². The average Bonchev–Trinajstić information content (AvgIpc) is 2.57. The number of amides is 1. The first kappa shape index (κ1) is 22.7. The lowest BCUT2D eigenvalue weighted by atomic mass is 10.1. The number of esters is 1. The number of carbonyl (C=O) groups is 2. The van der Waals surface area contributed by atoms with E-state index in [4.69, 9.17) is 9.47 Å². The van der Waals surface area contributed by atoms with Gasteiger partial charge in [-0.25, -0.2) is 9.59 Å². The standard InChI is InChI=1S/C19H37NO4/c1-4-7-10-11-12-13-16-23-18(21)17(14-8-5-2)20-19(22)24-15-9-6-3/h17H,4-16H2,1-3H3,(H,20,22). The van der Waals surface area contributed by atoms with Gasteiger partial charge in [0.2, 0.25) is 0 Å². The molecule has 0 aromatic rings. The molecular formula is C19H37NO4. The smallest absolute Gasteiger partial charge is 0.407 e. The van der Waals surface area contributed by atoms with Crippen molar-refractivity contribution in [2.75, 3.05) is 13.2 Å². The van der Waals surface area contributed by atoms with Crippen LogP contribution in [0, 0.1) is 0 Å². The Morgan fingerprint density at radius 3 is 2.00 bits per heavy atom. The third-order valence-corrected chi connectivity index (χ3v) is 3.90. The Kier molecular flexibility index (Phi) is 15.7. The molecule has 0 saturated carbocycles. The van der Waals surface area contributed by atoms with Gasteiger partial charge in [-0.1, -0.05) is 72.1 Å². The summed E-state index contributed by atoms with van der Waals surface area (Å²) in [5.74, 6) is -0.343. The molecule has 142 valence electrons. The van der Waals surface area contributed by atoms with Crippen LogP contribution >= 0.6 is 0 Å². The maximum Gasteiger partial charge on any atom is 0.407 e. The maximum absolute atomic E-state index is 12.2. The van der Waals surface area contributed by atoms with Crippen LogP contribution < -0.4 is 5.32 Å². The lowest BCUT2D eigenvalue weighted by Crippen LogP contribution is -2.42. The van der Waals surface area contributed by atoms with Crippen LogP contribution in [0.25, 0.3) is 0 Å². The van der Waals surface area contributed by atoms with Crippen LogP contribution in [-0.2, 0) is 14.3 Å². The molecule has 0 aliphatic heterocycles. The second-order valence-electron chi connectivity index (χ2n) is 6.26. The first-order chi connectivity index (χ1) is 11.7. The molecule has 1 atom stereocenters. The zero-order valence-corrected chi connectivity index (χ0v) is 15.9. The van der Waals surface area contributed by atoms with Crippen molar-refractivity contribution in [1.82, 2.24) is 5.32 Å². The molecule has 0 rings (SSSR count). The Hall–Kier alpha value is -1.26. The molecule has 5 heteroatoms. The van der Waals surface area contributed by atoms with Gasteiger partial charge in [0, 0.05) is 0 Å². The van der Waals surface area contributed by atoms with E-state index in [1.54, 1.807) is 0 Å². The van der Waals surface area contributed by atoms with Crippen LogP contribution in [0.1, 0.15) is 91.4 Å². The SMILES string of the molecule is CCCCCCCCOC(=O)C(CCCC)NC(=O)OCCCC. The van der Waals surface area contributed by atoms with Crippen molar-refractivity contribution >= 4 is 12.1 Å². The van der Waals surface area contributed by atoms with E-state index in [0.29, 0.717) is 19.6 Å². The van der Waals surface area contributed by atoms with Crippen molar-refractivity contribution in [3.05, 3.63) is 0 Å². The van der Waals surface area contributed by atoms with Crippen molar-refractivity contribution in [2.45, 2.75) is 97.4 Å². The van der Waals surface area contributed by atoms with Gasteiger partial charge in [0.05, 0.1) is 13.2 Å². The van der Waals surface area contributed by atoms with Gasteiger partial charge in [-0.3, -0.25) is 0 Å². The highest BCUT2D eigenvalue weighted by Crippen LogP contribution is 2.07. The molecule has 1 N–H and O–H groups in total. The molecule has 0 aromatic carbocycles. The van der Waals surface area contributed by atoms with Gasteiger partial charge in [-0.05, 0) is 19.3 Å². The van der Waals surface area contributed by atoms with E-state index in [0.717, 1.165) is 38.5 Å². The molecule has 0 fully saturated rings. The van der Waals surface area contributed by atoms with Crippen LogP contribution in [-0.4, -0.2) is 31.3 Å². The summed E-state index contributed by atoms with van der Waals surface area (Å²) >= 11 is 0. The van der Waals surface area contributed by atoms with Crippen LogP contribution in [0.3, 0.4) is 0 Å². The van der Waals surface area contributed by atoms with Crippen LogP contribution in [0.5, 0.6) is 0 Å².